The van der Waals surface area contributed by atoms with Crippen molar-refractivity contribution >= 4 is 11.8 Å². The van der Waals surface area contributed by atoms with Gasteiger partial charge in [0.05, 0.1) is 12.3 Å². The lowest BCUT2D eigenvalue weighted by atomic mass is 10.4. The van der Waals surface area contributed by atoms with Crippen molar-refractivity contribution in [2.24, 2.45) is 5.73 Å². The fourth-order valence-corrected chi connectivity index (χ4v) is 2.61. The van der Waals surface area contributed by atoms with Gasteiger partial charge in [-0.2, -0.15) is 4.98 Å². The van der Waals surface area contributed by atoms with Gasteiger partial charge in [0.1, 0.15) is 5.82 Å². The van der Waals surface area contributed by atoms with E-state index in [9.17, 15) is 0 Å². The number of aryl methyl sites for hydroxylation is 1. The van der Waals surface area contributed by atoms with E-state index >= 15 is 0 Å². The number of thioether (sulfide) groups is 1. The first-order valence-corrected chi connectivity index (χ1v) is 7.22. The molecular weight excluding hydrogens is 264 g/mol. The van der Waals surface area contributed by atoms with Crippen LogP contribution >= 0.6 is 11.8 Å². The average Bonchev–Trinajstić information content (AvgIpc) is 3.02. The first kappa shape index (κ1) is 14.0. The van der Waals surface area contributed by atoms with Crippen LogP contribution in [-0.2, 0) is 18.7 Å². The molecule has 0 aromatic carbocycles. The maximum atomic E-state index is 5.66. The molecule has 0 aliphatic rings. The van der Waals surface area contributed by atoms with Crippen LogP contribution < -0.4 is 5.73 Å². The molecule has 2 heterocycles. The number of hydrogen-bond acceptors (Lipinski definition) is 7. The third-order valence-electron chi connectivity index (χ3n) is 2.58. The van der Waals surface area contributed by atoms with Gasteiger partial charge in [-0.15, -0.1) is 10.2 Å². The number of aromatic nitrogens is 5. The summed E-state index contributed by atoms with van der Waals surface area (Å²) >= 11 is 1.54. The molecular formula is C11H18N6OS. The first-order valence-electron chi connectivity index (χ1n) is 6.23. The summed E-state index contributed by atoms with van der Waals surface area (Å²) in [6.07, 6.45) is 0.747. The summed E-state index contributed by atoms with van der Waals surface area (Å²) in [6.45, 7) is 6.52. The van der Waals surface area contributed by atoms with Crippen LogP contribution in [0.4, 0.5) is 0 Å². The van der Waals surface area contributed by atoms with Crippen molar-refractivity contribution in [1.29, 1.82) is 0 Å². The van der Waals surface area contributed by atoms with Crippen LogP contribution in [0.15, 0.2) is 9.68 Å². The summed E-state index contributed by atoms with van der Waals surface area (Å²) in [6, 6.07) is 0.271. The highest BCUT2D eigenvalue weighted by atomic mass is 32.2. The maximum Gasteiger partial charge on any atom is 0.226 e. The van der Waals surface area contributed by atoms with E-state index in [1.165, 1.54) is 11.8 Å². The third-order valence-corrected chi connectivity index (χ3v) is 3.52. The number of nitrogens with zero attached hydrogens (tertiary/aromatic N) is 5. The monoisotopic (exact) mass is 282 g/mol. The predicted molar refractivity (Wildman–Crippen MR) is 71.5 cm³/mol. The molecule has 0 aliphatic heterocycles. The normalized spacial score (nSPS) is 11.4. The van der Waals surface area contributed by atoms with E-state index in [0.717, 1.165) is 17.4 Å². The molecule has 104 valence electrons. The number of hydrogen-bond donors (Lipinski definition) is 1. The lowest BCUT2D eigenvalue weighted by molar-refractivity contribution is 0.378. The zero-order valence-electron chi connectivity index (χ0n) is 11.3. The van der Waals surface area contributed by atoms with Gasteiger partial charge >= 0.3 is 0 Å². The Hall–Kier alpha value is -1.41. The molecule has 8 heteroatoms. The highest BCUT2D eigenvalue weighted by molar-refractivity contribution is 7.98. The minimum Gasteiger partial charge on any atom is -0.339 e. The standard InChI is InChI=1S/C11H18N6OS/c1-4-10-13-8(16-18-10)6-19-11-15-14-9(5-12)17(11)7(2)3/h7H,4-6,12H2,1-3H3. The van der Waals surface area contributed by atoms with E-state index in [1.807, 2.05) is 11.5 Å². The largest absolute Gasteiger partial charge is 0.339 e. The average molecular weight is 282 g/mol. The SMILES string of the molecule is CCc1nc(CSc2nnc(CN)n2C(C)C)no1. The van der Waals surface area contributed by atoms with Gasteiger partial charge in [-0.3, -0.25) is 0 Å². The van der Waals surface area contributed by atoms with Gasteiger partial charge in [0.2, 0.25) is 5.89 Å². The van der Waals surface area contributed by atoms with Crippen LogP contribution in [-0.4, -0.2) is 24.9 Å². The lowest BCUT2D eigenvalue weighted by Crippen LogP contribution is -2.11. The summed E-state index contributed by atoms with van der Waals surface area (Å²) in [4.78, 5) is 4.26. The molecule has 2 aromatic rings. The van der Waals surface area contributed by atoms with Crippen molar-refractivity contribution in [3.8, 4) is 0 Å². The van der Waals surface area contributed by atoms with Crippen LogP contribution in [0.25, 0.3) is 0 Å². The summed E-state index contributed by atoms with van der Waals surface area (Å²) in [7, 11) is 0. The van der Waals surface area contributed by atoms with E-state index in [-0.39, 0.29) is 6.04 Å². The Morgan fingerprint density at radius 2 is 2.16 bits per heavy atom. The molecule has 0 saturated heterocycles. The minimum absolute atomic E-state index is 0.271. The molecule has 2 N–H and O–H groups in total. The van der Waals surface area contributed by atoms with E-state index in [2.05, 4.69) is 34.2 Å². The first-order chi connectivity index (χ1) is 9.15. The number of rotatable bonds is 6. The Labute approximate surface area is 116 Å². The summed E-state index contributed by atoms with van der Waals surface area (Å²) < 4.78 is 7.10. The van der Waals surface area contributed by atoms with Crippen LogP contribution in [0, 0.1) is 0 Å². The molecule has 0 unspecified atom stereocenters. The minimum atomic E-state index is 0.271. The Morgan fingerprint density at radius 3 is 2.74 bits per heavy atom. The van der Waals surface area contributed by atoms with Gasteiger partial charge in [-0.1, -0.05) is 23.8 Å². The van der Waals surface area contributed by atoms with E-state index in [1.54, 1.807) is 0 Å². The Balaban J connectivity index is 2.08. The smallest absolute Gasteiger partial charge is 0.226 e. The van der Waals surface area contributed by atoms with Gasteiger partial charge < -0.3 is 14.8 Å². The molecule has 0 bridgehead atoms. The second-order valence-electron chi connectivity index (χ2n) is 4.31. The Kier molecular flexibility index (Phi) is 4.54. The van der Waals surface area contributed by atoms with Crippen molar-refractivity contribution < 1.29 is 4.52 Å². The molecule has 0 atom stereocenters. The topological polar surface area (TPSA) is 95.7 Å². The molecule has 0 saturated carbocycles. The van der Waals surface area contributed by atoms with Crippen molar-refractivity contribution in [3.63, 3.8) is 0 Å². The van der Waals surface area contributed by atoms with E-state index in [0.29, 0.717) is 24.0 Å². The molecule has 2 rings (SSSR count). The fourth-order valence-electron chi connectivity index (χ4n) is 1.69. The second kappa shape index (κ2) is 6.16. The molecule has 0 fully saturated rings. The van der Waals surface area contributed by atoms with Gasteiger partial charge in [-0.25, -0.2) is 0 Å². The van der Waals surface area contributed by atoms with Gasteiger partial charge in [0.25, 0.3) is 0 Å². The Morgan fingerprint density at radius 1 is 1.37 bits per heavy atom. The van der Waals surface area contributed by atoms with E-state index in [4.69, 9.17) is 10.3 Å². The fraction of sp³-hybridized carbons (Fsp3) is 0.636. The van der Waals surface area contributed by atoms with Crippen molar-refractivity contribution in [2.75, 3.05) is 0 Å². The zero-order valence-corrected chi connectivity index (χ0v) is 12.1. The lowest BCUT2D eigenvalue weighted by Gasteiger charge is -2.12. The zero-order chi connectivity index (χ0) is 13.8. The van der Waals surface area contributed by atoms with Crippen molar-refractivity contribution in [2.45, 2.75) is 50.7 Å². The highest BCUT2D eigenvalue weighted by Gasteiger charge is 2.15. The molecule has 0 amide bonds. The summed E-state index contributed by atoms with van der Waals surface area (Å²) in [5.41, 5.74) is 5.66. The highest BCUT2D eigenvalue weighted by Crippen LogP contribution is 2.23. The quantitative estimate of drug-likeness (QED) is 0.803. The van der Waals surface area contributed by atoms with Gasteiger partial charge in [-0.05, 0) is 13.8 Å². The van der Waals surface area contributed by atoms with Crippen LogP contribution in [0.2, 0.25) is 0 Å². The molecule has 0 aliphatic carbocycles. The third kappa shape index (κ3) is 3.13. The molecule has 0 spiro atoms. The van der Waals surface area contributed by atoms with Gasteiger partial charge in [0.15, 0.2) is 11.0 Å². The van der Waals surface area contributed by atoms with Crippen LogP contribution in [0.1, 0.15) is 44.4 Å². The maximum absolute atomic E-state index is 5.66. The molecule has 19 heavy (non-hydrogen) atoms. The summed E-state index contributed by atoms with van der Waals surface area (Å²) in [5, 5.41) is 13.0. The predicted octanol–water partition coefficient (Wildman–Crippen LogP) is 1.56. The van der Waals surface area contributed by atoms with Gasteiger partial charge in [0, 0.05) is 12.5 Å². The van der Waals surface area contributed by atoms with Crippen LogP contribution in [0.5, 0.6) is 0 Å². The second-order valence-corrected chi connectivity index (χ2v) is 5.26. The van der Waals surface area contributed by atoms with Crippen LogP contribution in [0.3, 0.4) is 0 Å². The Bertz CT molecular complexity index is 535. The number of nitrogens with two attached hydrogens (primary N) is 1. The van der Waals surface area contributed by atoms with Crippen molar-refractivity contribution in [3.05, 3.63) is 17.5 Å². The molecule has 0 radical (unpaired) electrons. The summed E-state index contributed by atoms with van der Waals surface area (Å²) in [5.74, 6) is 2.73. The molecule has 7 nitrogen and oxygen atoms in total. The van der Waals surface area contributed by atoms with E-state index < -0.39 is 0 Å². The molecule has 2 aromatic heterocycles. The van der Waals surface area contributed by atoms with Crippen molar-refractivity contribution in [1.82, 2.24) is 24.9 Å².